The molecule has 0 amide bonds. The van der Waals surface area contributed by atoms with Crippen molar-refractivity contribution in [3.63, 3.8) is 0 Å². The molecule has 3 saturated carbocycles. The van der Waals surface area contributed by atoms with Gasteiger partial charge in [-0.2, -0.15) is 0 Å². The summed E-state index contributed by atoms with van der Waals surface area (Å²) in [5, 5.41) is 13.1. The molecule has 0 bridgehead atoms. The van der Waals surface area contributed by atoms with Crippen molar-refractivity contribution in [3.8, 4) is 0 Å². The number of nitrogens with zero attached hydrogens (tertiary/aromatic N) is 1. The fourth-order valence-corrected chi connectivity index (χ4v) is 9.04. The quantitative estimate of drug-likeness (QED) is 0.345. The van der Waals surface area contributed by atoms with E-state index in [9.17, 15) is 5.21 Å². The van der Waals surface area contributed by atoms with E-state index in [-0.39, 0.29) is 5.41 Å². The van der Waals surface area contributed by atoms with E-state index < -0.39 is 0 Å². The van der Waals surface area contributed by atoms with Gasteiger partial charge in [-0.05, 0) is 103 Å². The highest BCUT2D eigenvalue weighted by atomic mass is 16.5. The van der Waals surface area contributed by atoms with Gasteiger partial charge in [0.2, 0.25) is 0 Å². The molecule has 0 aromatic carbocycles. The molecule has 4 rings (SSSR count). The zero-order valence-corrected chi connectivity index (χ0v) is 21.0. The minimum atomic E-state index is 0.227. The van der Waals surface area contributed by atoms with E-state index in [2.05, 4.69) is 39.8 Å². The van der Waals surface area contributed by atoms with Gasteiger partial charge in [-0.1, -0.05) is 59.0 Å². The van der Waals surface area contributed by atoms with E-state index in [4.69, 9.17) is 4.74 Å². The van der Waals surface area contributed by atoms with Gasteiger partial charge in [0.25, 0.3) is 0 Å². The maximum absolute atomic E-state index is 9.50. The molecule has 0 aromatic heterocycles. The van der Waals surface area contributed by atoms with Crippen molar-refractivity contribution in [2.45, 2.75) is 105 Å². The third-order valence-electron chi connectivity index (χ3n) is 10.6. The number of rotatable bonds is 6. The summed E-state index contributed by atoms with van der Waals surface area (Å²) >= 11 is 0. The zero-order chi connectivity index (χ0) is 22.4. The number of fused-ring (bicyclic) bond motifs is 5. The maximum atomic E-state index is 9.50. The molecule has 176 valence electrons. The summed E-state index contributed by atoms with van der Waals surface area (Å²) in [6.45, 7) is 12.5. The molecule has 4 aliphatic rings. The molecule has 4 aliphatic carbocycles. The second kappa shape index (κ2) is 8.75. The lowest BCUT2D eigenvalue weighted by molar-refractivity contribution is -0.0592. The molecule has 3 fully saturated rings. The summed E-state index contributed by atoms with van der Waals surface area (Å²) in [4.78, 5) is 0. The van der Waals surface area contributed by atoms with Crippen LogP contribution in [0, 0.1) is 46.3 Å². The van der Waals surface area contributed by atoms with Gasteiger partial charge in [0.05, 0.1) is 7.11 Å². The Morgan fingerprint density at radius 1 is 1.00 bits per heavy atom. The lowest BCUT2D eigenvalue weighted by Crippen LogP contribution is -2.51. The van der Waals surface area contributed by atoms with Crippen molar-refractivity contribution in [1.82, 2.24) is 0 Å². The van der Waals surface area contributed by atoms with Crippen LogP contribution in [0.4, 0.5) is 0 Å². The minimum Gasteiger partial charge on any atom is -0.495 e. The fraction of sp³-hybridized carbons (Fsp3) is 0.893. The molecule has 0 saturated heterocycles. The summed E-state index contributed by atoms with van der Waals surface area (Å²) in [6, 6.07) is 0. The van der Waals surface area contributed by atoms with Crippen molar-refractivity contribution in [3.05, 3.63) is 11.3 Å². The van der Waals surface area contributed by atoms with Gasteiger partial charge in [0, 0.05) is 0 Å². The van der Waals surface area contributed by atoms with Crippen LogP contribution >= 0.6 is 0 Å². The number of hydrogen-bond acceptors (Lipinski definition) is 3. The lowest BCUT2D eigenvalue weighted by Gasteiger charge is -2.58. The van der Waals surface area contributed by atoms with Crippen LogP contribution in [-0.4, -0.2) is 18.0 Å². The van der Waals surface area contributed by atoms with Gasteiger partial charge in [0.15, 0.2) is 0 Å². The van der Waals surface area contributed by atoms with Crippen LogP contribution < -0.4 is 0 Å². The van der Waals surface area contributed by atoms with Crippen molar-refractivity contribution < 1.29 is 9.94 Å². The van der Waals surface area contributed by atoms with E-state index in [1.807, 2.05) is 0 Å². The Hall–Kier alpha value is -0.990. The molecule has 0 aromatic rings. The van der Waals surface area contributed by atoms with Crippen LogP contribution in [0.2, 0.25) is 0 Å². The van der Waals surface area contributed by atoms with Gasteiger partial charge < -0.3 is 9.94 Å². The van der Waals surface area contributed by atoms with Crippen molar-refractivity contribution in [2.24, 2.45) is 51.5 Å². The average Bonchev–Trinajstić information content (AvgIpc) is 3.09. The van der Waals surface area contributed by atoms with Crippen LogP contribution in [0.5, 0.6) is 0 Å². The molecule has 7 atom stereocenters. The van der Waals surface area contributed by atoms with Crippen LogP contribution in [0.3, 0.4) is 0 Å². The van der Waals surface area contributed by atoms with E-state index >= 15 is 0 Å². The summed E-state index contributed by atoms with van der Waals surface area (Å²) in [6.07, 6.45) is 14.3. The predicted molar refractivity (Wildman–Crippen MR) is 128 cm³/mol. The van der Waals surface area contributed by atoms with Gasteiger partial charge in [-0.15, -0.1) is 0 Å². The summed E-state index contributed by atoms with van der Waals surface area (Å²) in [5.74, 6) is 6.08. The summed E-state index contributed by atoms with van der Waals surface area (Å²) in [7, 11) is 1.76. The summed E-state index contributed by atoms with van der Waals surface area (Å²) in [5.41, 5.74) is 3.00. The molecule has 3 nitrogen and oxygen atoms in total. The average molecular weight is 430 g/mol. The monoisotopic (exact) mass is 429 g/mol. The molecule has 0 spiro atoms. The normalized spacial score (nSPS) is 42.4. The first-order valence-electron chi connectivity index (χ1n) is 13.2. The molecule has 0 radical (unpaired) electrons. The van der Waals surface area contributed by atoms with Crippen molar-refractivity contribution in [2.75, 3.05) is 7.11 Å². The third-order valence-corrected chi connectivity index (χ3v) is 10.6. The Kier molecular flexibility index (Phi) is 6.54. The van der Waals surface area contributed by atoms with Gasteiger partial charge in [-0.25, -0.2) is 0 Å². The molecule has 1 N–H and O–H groups in total. The minimum absolute atomic E-state index is 0.227. The molecule has 0 unspecified atom stereocenters. The SMILES string of the molecule is COC1=C2CC[C@H]3[C@@H]4CC[C@H]([C@H](C)CCCC(C)C)[C@@]4(C)CC[C@@H]3[C@@]2(C)CC/C1=N/O. The number of hydrogen-bond donors (Lipinski definition) is 1. The second-order valence-corrected chi connectivity index (χ2v) is 12.4. The van der Waals surface area contributed by atoms with Gasteiger partial charge in [-0.3, -0.25) is 0 Å². The first-order valence-corrected chi connectivity index (χ1v) is 13.2. The van der Waals surface area contributed by atoms with E-state index in [1.165, 1.54) is 56.9 Å². The Labute approximate surface area is 191 Å². The van der Waals surface area contributed by atoms with Crippen molar-refractivity contribution in [1.29, 1.82) is 0 Å². The van der Waals surface area contributed by atoms with Gasteiger partial charge in [0.1, 0.15) is 11.5 Å². The topological polar surface area (TPSA) is 41.8 Å². The van der Waals surface area contributed by atoms with Crippen LogP contribution in [0.25, 0.3) is 0 Å². The molecule has 0 aliphatic heterocycles. The molecule has 3 heteroatoms. The number of methoxy groups -OCH3 is 1. The standard InChI is InChI=1S/C28H47NO2/c1-18(2)8-7-9-19(3)21-12-13-22-20-10-11-24-26(31-6)25(29-30)15-17-28(24,5)23(20)14-16-27(21,22)4/h18-23,30H,7-17H2,1-6H3/b29-25-/t19-,20+,21-,22+,23+,27-,28-/m1/s1. The van der Waals surface area contributed by atoms with Crippen LogP contribution in [0.15, 0.2) is 16.5 Å². The highest BCUT2D eigenvalue weighted by Gasteiger charge is 2.60. The van der Waals surface area contributed by atoms with E-state index in [0.717, 1.165) is 66.2 Å². The Bertz CT molecular complexity index is 725. The fourth-order valence-electron chi connectivity index (χ4n) is 9.04. The number of oxime groups is 1. The summed E-state index contributed by atoms with van der Waals surface area (Å²) < 4.78 is 5.81. The first-order chi connectivity index (χ1) is 14.8. The third kappa shape index (κ3) is 3.76. The lowest BCUT2D eigenvalue weighted by atomic mass is 9.46. The zero-order valence-electron chi connectivity index (χ0n) is 21.0. The maximum Gasteiger partial charge on any atom is 0.143 e. The highest BCUT2D eigenvalue weighted by molar-refractivity contribution is 5.99. The van der Waals surface area contributed by atoms with Crippen LogP contribution in [-0.2, 0) is 4.74 Å². The molecular formula is C28H47NO2. The second-order valence-electron chi connectivity index (χ2n) is 12.4. The predicted octanol–water partition coefficient (Wildman–Crippen LogP) is 7.83. The Balaban J connectivity index is 1.54. The molecule has 0 heterocycles. The number of allylic oxidation sites excluding steroid dienone is 2. The van der Waals surface area contributed by atoms with E-state index in [0.29, 0.717) is 5.41 Å². The van der Waals surface area contributed by atoms with E-state index in [1.54, 1.807) is 7.11 Å². The Morgan fingerprint density at radius 3 is 2.45 bits per heavy atom. The van der Waals surface area contributed by atoms with Gasteiger partial charge >= 0.3 is 0 Å². The number of ether oxygens (including phenoxy) is 1. The molecule has 31 heavy (non-hydrogen) atoms. The first kappa shape index (κ1) is 23.2. The van der Waals surface area contributed by atoms with Crippen LogP contribution in [0.1, 0.15) is 105 Å². The highest BCUT2D eigenvalue weighted by Crippen LogP contribution is 2.68. The Morgan fingerprint density at radius 2 is 1.77 bits per heavy atom. The van der Waals surface area contributed by atoms with Crippen molar-refractivity contribution >= 4 is 5.71 Å². The largest absolute Gasteiger partial charge is 0.495 e. The smallest absolute Gasteiger partial charge is 0.143 e. The molecular weight excluding hydrogens is 382 g/mol.